The van der Waals surface area contributed by atoms with Crippen LogP contribution in [0.3, 0.4) is 0 Å². The molecule has 6 nitrogen and oxygen atoms in total. The molecule has 2 aromatic rings. The van der Waals surface area contributed by atoms with Gasteiger partial charge in [-0.05, 0) is 32.5 Å². The van der Waals surface area contributed by atoms with Crippen molar-refractivity contribution in [3.8, 4) is 0 Å². The van der Waals surface area contributed by atoms with Gasteiger partial charge in [0.1, 0.15) is 0 Å². The third-order valence-corrected chi connectivity index (χ3v) is 5.00. The quantitative estimate of drug-likeness (QED) is 0.766. The SMILES string of the molecule is CN(C)CCN(Cc1ccccc1)C(=O)c1cn(C2CCCCC2)nn1. The zero-order valence-corrected chi connectivity index (χ0v) is 15.8. The van der Waals surface area contributed by atoms with Gasteiger partial charge in [0, 0.05) is 19.6 Å². The second-order valence-corrected chi connectivity index (χ2v) is 7.39. The van der Waals surface area contributed by atoms with Crippen LogP contribution < -0.4 is 0 Å². The predicted molar refractivity (Wildman–Crippen MR) is 102 cm³/mol. The summed E-state index contributed by atoms with van der Waals surface area (Å²) in [5.41, 5.74) is 1.57. The molecule has 0 N–H and O–H groups in total. The molecule has 0 aliphatic heterocycles. The largest absolute Gasteiger partial charge is 0.332 e. The van der Waals surface area contributed by atoms with Crippen LogP contribution in [-0.2, 0) is 6.54 Å². The number of carbonyl (C=O) groups is 1. The van der Waals surface area contributed by atoms with E-state index in [9.17, 15) is 4.79 Å². The summed E-state index contributed by atoms with van der Waals surface area (Å²) in [7, 11) is 4.04. The molecule has 0 unspecified atom stereocenters. The summed E-state index contributed by atoms with van der Waals surface area (Å²) in [6, 6.07) is 10.5. The van der Waals surface area contributed by atoms with Crippen molar-refractivity contribution in [2.24, 2.45) is 0 Å². The molecular formula is C20H29N5O. The van der Waals surface area contributed by atoms with Crippen LogP contribution in [0, 0.1) is 0 Å². The number of aromatic nitrogens is 3. The highest BCUT2D eigenvalue weighted by Gasteiger charge is 2.22. The summed E-state index contributed by atoms with van der Waals surface area (Å²) >= 11 is 0. The first-order valence-corrected chi connectivity index (χ1v) is 9.53. The molecule has 1 fully saturated rings. The molecule has 6 heteroatoms. The average molecular weight is 355 g/mol. The fourth-order valence-corrected chi connectivity index (χ4v) is 3.44. The minimum atomic E-state index is -0.0437. The zero-order chi connectivity index (χ0) is 18.4. The number of benzene rings is 1. The Kier molecular flexibility index (Phi) is 6.39. The van der Waals surface area contributed by atoms with E-state index in [1.165, 1.54) is 19.3 Å². The van der Waals surface area contributed by atoms with Crippen LogP contribution >= 0.6 is 0 Å². The van der Waals surface area contributed by atoms with E-state index in [0.717, 1.165) is 24.9 Å². The second kappa shape index (κ2) is 8.94. The predicted octanol–water partition coefficient (Wildman–Crippen LogP) is 2.99. The summed E-state index contributed by atoms with van der Waals surface area (Å²) in [6.45, 7) is 2.07. The molecule has 1 aromatic carbocycles. The van der Waals surface area contributed by atoms with Crippen molar-refractivity contribution in [3.63, 3.8) is 0 Å². The monoisotopic (exact) mass is 355 g/mol. The van der Waals surface area contributed by atoms with Crippen molar-refractivity contribution in [1.82, 2.24) is 24.8 Å². The first-order chi connectivity index (χ1) is 12.6. The molecule has 0 bridgehead atoms. The number of rotatable bonds is 7. The Labute approximate surface area is 155 Å². The minimum absolute atomic E-state index is 0.0437. The summed E-state index contributed by atoms with van der Waals surface area (Å²) in [4.78, 5) is 17.0. The summed E-state index contributed by atoms with van der Waals surface area (Å²) < 4.78 is 1.90. The lowest BCUT2D eigenvalue weighted by Gasteiger charge is -2.24. The molecule has 1 aliphatic rings. The lowest BCUT2D eigenvalue weighted by Crippen LogP contribution is -2.36. The highest BCUT2D eigenvalue weighted by molar-refractivity contribution is 5.91. The van der Waals surface area contributed by atoms with Crippen LogP contribution in [0.5, 0.6) is 0 Å². The Bertz CT molecular complexity index is 691. The van der Waals surface area contributed by atoms with Gasteiger partial charge in [-0.1, -0.05) is 54.8 Å². The molecule has 0 spiro atoms. The van der Waals surface area contributed by atoms with E-state index in [2.05, 4.69) is 27.3 Å². The van der Waals surface area contributed by atoms with Crippen LogP contribution in [0.25, 0.3) is 0 Å². The van der Waals surface area contributed by atoms with E-state index in [4.69, 9.17) is 0 Å². The summed E-state index contributed by atoms with van der Waals surface area (Å²) in [6.07, 6.45) is 7.86. The van der Waals surface area contributed by atoms with Gasteiger partial charge in [0.2, 0.25) is 0 Å². The van der Waals surface area contributed by atoms with Crippen LogP contribution in [0.15, 0.2) is 36.5 Å². The fourth-order valence-electron chi connectivity index (χ4n) is 3.44. The number of amides is 1. The van der Waals surface area contributed by atoms with Crippen molar-refractivity contribution in [3.05, 3.63) is 47.8 Å². The Balaban J connectivity index is 1.72. The van der Waals surface area contributed by atoms with Crippen molar-refractivity contribution >= 4 is 5.91 Å². The molecule has 0 atom stereocenters. The minimum Gasteiger partial charge on any atom is -0.332 e. The summed E-state index contributed by atoms with van der Waals surface area (Å²) in [5.74, 6) is -0.0437. The summed E-state index contributed by atoms with van der Waals surface area (Å²) in [5, 5.41) is 8.44. The van der Waals surface area contributed by atoms with Gasteiger partial charge in [0.15, 0.2) is 5.69 Å². The van der Waals surface area contributed by atoms with E-state index >= 15 is 0 Å². The second-order valence-electron chi connectivity index (χ2n) is 7.39. The van der Waals surface area contributed by atoms with Gasteiger partial charge in [-0.15, -0.1) is 5.10 Å². The molecule has 1 amide bonds. The van der Waals surface area contributed by atoms with Crippen molar-refractivity contribution in [2.45, 2.75) is 44.7 Å². The van der Waals surface area contributed by atoms with Gasteiger partial charge in [-0.3, -0.25) is 4.79 Å². The zero-order valence-electron chi connectivity index (χ0n) is 15.8. The van der Waals surface area contributed by atoms with Gasteiger partial charge in [0.25, 0.3) is 5.91 Å². The van der Waals surface area contributed by atoms with Crippen LogP contribution in [0.2, 0.25) is 0 Å². The lowest BCUT2D eigenvalue weighted by atomic mass is 9.96. The van der Waals surface area contributed by atoms with E-state index in [1.807, 2.05) is 48.1 Å². The number of carbonyl (C=O) groups excluding carboxylic acids is 1. The first-order valence-electron chi connectivity index (χ1n) is 9.53. The van der Waals surface area contributed by atoms with Crippen LogP contribution in [0.1, 0.15) is 54.2 Å². The number of hydrogen-bond donors (Lipinski definition) is 0. The molecule has 1 aliphatic carbocycles. The number of hydrogen-bond acceptors (Lipinski definition) is 4. The maximum atomic E-state index is 13.0. The van der Waals surface area contributed by atoms with Gasteiger partial charge in [-0.2, -0.15) is 0 Å². The Hall–Kier alpha value is -2.21. The Morgan fingerprint density at radius 1 is 1.12 bits per heavy atom. The highest BCUT2D eigenvalue weighted by Crippen LogP contribution is 2.27. The van der Waals surface area contributed by atoms with Gasteiger partial charge in [0.05, 0.1) is 12.2 Å². The molecular weight excluding hydrogens is 326 g/mol. The van der Waals surface area contributed by atoms with E-state index in [0.29, 0.717) is 24.8 Å². The maximum absolute atomic E-state index is 13.0. The third-order valence-electron chi connectivity index (χ3n) is 5.00. The Morgan fingerprint density at radius 2 is 1.85 bits per heavy atom. The standard InChI is InChI=1S/C20H29N5O/c1-23(2)13-14-24(15-17-9-5-3-6-10-17)20(26)19-16-25(22-21-19)18-11-7-4-8-12-18/h3,5-6,9-10,16,18H,4,7-8,11-15H2,1-2H3. The number of likely N-dealkylation sites (N-methyl/N-ethyl adjacent to an activating group) is 1. The van der Waals surface area contributed by atoms with Crippen molar-refractivity contribution < 1.29 is 4.79 Å². The molecule has 0 saturated heterocycles. The maximum Gasteiger partial charge on any atom is 0.276 e. The van der Waals surface area contributed by atoms with Crippen molar-refractivity contribution in [1.29, 1.82) is 0 Å². The topological polar surface area (TPSA) is 54.3 Å². The Morgan fingerprint density at radius 3 is 2.54 bits per heavy atom. The van der Waals surface area contributed by atoms with Crippen LogP contribution in [-0.4, -0.2) is 57.9 Å². The van der Waals surface area contributed by atoms with Gasteiger partial charge >= 0.3 is 0 Å². The van der Waals surface area contributed by atoms with E-state index < -0.39 is 0 Å². The first kappa shape index (κ1) is 18.6. The smallest absolute Gasteiger partial charge is 0.276 e. The average Bonchev–Trinajstić information content (AvgIpc) is 3.16. The lowest BCUT2D eigenvalue weighted by molar-refractivity contribution is 0.0726. The fraction of sp³-hybridized carbons (Fsp3) is 0.550. The highest BCUT2D eigenvalue weighted by atomic mass is 16.2. The van der Waals surface area contributed by atoms with Crippen molar-refractivity contribution in [2.75, 3.05) is 27.2 Å². The molecule has 26 heavy (non-hydrogen) atoms. The van der Waals surface area contributed by atoms with Gasteiger partial charge < -0.3 is 9.80 Å². The van der Waals surface area contributed by atoms with E-state index in [1.54, 1.807) is 0 Å². The molecule has 3 rings (SSSR count). The molecule has 1 saturated carbocycles. The molecule has 1 heterocycles. The van der Waals surface area contributed by atoms with E-state index in [-0.39, 0.29) is 5.91 Å². The number of nitrogens with zero attached hydrogens (tertiary/aromatic N) is 5. The van der Waals surface area contributed by atoms with Crippen LogP contribution in [0.4, 0.5) is 0 Å². The van der Waals surface area contributed by atoms with Gasteiger partial charge in [-0.25, -0.2) is 4.68 Å². The molecule has 140 valence electrons. The normalized spacial score (nSPS) is 15.3. The molecule has 0 radical (unpaired) electrons. The third kappa shape index (κ3) is 4.91. The molecule has 1 aromatic heterocycles.